The van der Waals surface area contributed by atoms with Crippen molar-refractivity contribution < 1.29 is 24.2 Å². The van der Waals surface area contributed by atoms with Gasteiger partial charge in [-0.05, 0) is 17.7 Å². The zero-order valence-electron chi connectivity index (χ0n) is 8.06. The van der Waals surface area contributed by atoms with Gasteiger partial charge in [-0.15, -0.1) is 0 Å². The van der Waals surface area contributed by atoms with Crippen LogP contribution in [-0.4, -0.2) is 19.6 Å². The first kappa shape index (κ1) is 11.0. The second-order valence-electron chi connectivity index (χ2n) is 2.73. The average molecular weight is 209 g/mol. The standard InChI is InChI=1S/C10H10O5/c1-14-9-3-2-7(4-8(9)5-11)6-15-10(12)13/h2-5H,6H2,1H3,(H,12,13)/p-1. The highest BCUT2D eigenvalue weighted by molar-refractivity contribution is 5.79. The van der Waals surface area contributed by atoms with Gasteiger partial charge in [0.05, 0.1) is 19.3 Å². The van der Waals surface area contributed by atoms with E-state index in [4.69, 9.17) is 4.74 Å². The quantitative estimate of drug-likeness (QED) is 0.528. The third-order valence-corrected chi connectivity index (χ3v) is 1.78. The van der Waals surface area contributed by atoms with Crippen LogP contribution in [0.25, 0.3) is 0 Å². The minimum atomic E-state index is -1.60. The van der Waals surface area contributed by atoms with Crippen molar-refractivity contribution in [2.45, 2.75) is 6.61 Å². The monoisotopic (exact) mass is 209 g/mol. The number of rotatable bonds is 4. The summed E-state index contributed by atoms with van der Waals surface area (Å²) in [6.07, 6.45) is -0.972. The van der Waals surface area contributed by atoms with E-state index in [-0.39, 0.29) is 6.61 Å². The fourth-order valence-electron chi connectivity index (χ4n) is 1.11. The van der Waals surface area contributed by atoms with E-state index in [2.05, 4.69) is 4.74 Å². The summed E-state index contributed by atoms with van der Waals surface area (Å²) < 4.78 is 9.17. The SMILES string of the molecule is COc1ccc(COC(=O)[O-])cc1C=O. The first-order valence-corrected chi connectivity index (χ1v) is 4.13. The predicted molar refractivity (Wildman–Crippen MR) is 48.6 cm³/mol. The number of carbonyl (C=O) groups is 2. The molecular formula is C10H9O5-. The fraction of sp³-hybridized carbons (Fsp3) is 0.200. The Kier molecular flexibility index (Phi) is 3.68. The number of ether oxygens (including phenoxy) is 2. The van der Waals surface area contributed by atoms with E-state index >= 15 is 0 Å². The third-order valence-electron chi connectivity index (χ3n) is 1.78. The number of hydrogen-bond donors (Lipinski definition) is 0. The van der Waals surface area contributed by atoms with Crippen molar-refractivity contribution in [3.05, 3.63) is 29.3 Å². The number of carboxylic acid groups (broad SMARTS) is 1. The Morgan fingerprint density at radius 2 is 2.27 bits per heavy atom. The van der Waals surface area contributed by atoms with E-state index < -0.39 is 6.16 Å². The Bertz CT molecular complexity index is 372. The molecule has 1 aromatic rings. The van der Waals surface area contributed by atoms with Gasteiger partial charge in [0.15, 0.2) is 6.29 Å². The molecule has 0 aliphatic carbocycles. The van der Waals surface area contributed by atoms with Crippen molar-refractivity contribution in [2.24, 2.45) is 0 Å². The van der Waals surface area contributed by atoms with Gasteiger partial charge in [-0.25, -0.2) is 0 Å². The number of methoxy groups -OCH3 is 1. The number of carbonyl (C=O) groups excluding carboxylic acids is 2. The van der Waals surface area contributed by atoms with Crippen LogP contribution in [0.4, 0.5) is 4.79 Å². The molecule has 0 N–H and O–H groups in total. The Labute approximate surface area is 86.2 Å². The van der Waals surface area contributed by atoms with Crippen molar-refractivity contribution in [1.29, 1.82) is 0 Å². The molecule has 0 atom stereocenters. The summed E-state index contributed by atoms with van der Waals surface area (Å²) in [7, 11) is 1.44. The van der Waals surface area contributed by atoms with Crippen LogP contribution in [0, 0.1) is 0 Å². The van der Waals surface area contributed by atoms with Gasteiger partial charge in [0.1, 0.15) is 5.75 Å². The molecule has 0 spiro atoms. The molecule has 80 valence electrons. The van der Waals surface area contributed by atoms with Gasteiger partial charge in [-0.1, -0.05) is 6.07 Å². The summed E-state index contributed by atoms with van der Waals surface area (Å²) in [6, 6.07) is 4.67. The van der Waals surface area contributed by atoms with Crippen LogP contribution in [-0.2, 0) is 11.3 Å². The molecule has 0 aromatic heterocycles. The van der Waals surface area contributed by atoms with Crippen LogP contribution in [0.2, 0.25) is 0 Å². The summed E-state index contributed by atoms with van der Waals surface area (Å²) in [5, 5.41) is 10.0. The fourth-order valence-corrected chi connectivity index (χ4v) is 1.11. The van der Waals surface area contributed by atoms with Gasteiger partial charge >= 0.3 is 0 Å². The van der Waals surface area contributed by atoms with E-state index in [1.807, 2.05) is 0 Å². The minimum absolute atomic E-state index is 0.146. The lowest BCUT2D eigenvalue weighted by atomic mass is 10.1. The van der Waals surface area contributed by atoms with Gasteiger partial charge in [-0.2, -0.15) is 0 Å². The molecule has 0 saturated heterocycles. The molecule has 1 aromatic carbocycles. The van der Waals surface area contributed by atoms with Crippen LogP contribution in [0.5, 0.6) is 5.75 Å². The third kappa shape index (κ3) is 2.98. The summed E-state index contributed by atoms with van der Waals surface area (Å²) in [5.74, 6) is 0.433. The zero-order chi connectivity index (χ0) is 11.3. The predicted octanol–water partition coefficient (Wildman–Crippen LogP) is 0.368. The van der Waals surface area contributed by atoms with E-state index in [0.717, 1.165) is 0 Å². The normalized spacial score (nSPS) is 9.40. The van der Waals surface area contributed by atoms with Crippen LogP contribution in [0.15, 0.2) is 18.2 Å². The summed E-state index contributed by atoms with van der Waals surface area (Å²) in [5.41, 5.74) is 0.902. The maximum absolute atomic E-state index is 10.6. The Balaban J connectivity index is 2.83. The average Bonchev–Trinajstić information content (AvgIpc) is 2.25. The maximum atomic E-state index is 10.6. The van der Waals surface area contributed by atoms with Crippen molar-refractivity contribution in [3.63, 3.8) is 0 Å². The summed E-state index contributed by atoms with van der Waals surface area (Å²) in [4.78, 5) is 20.6. The maximum Gasteiger partial charge on any atom is 0.252 e. The van der Waals surface area contributed by atoms with Crippen molar-refractivity contribution in [2.75, 3.05) is 7.11 Å². The Hall–Kier alpha value is -2.04. The van der Waals surface area contributed by atoms with Gasteiger partial charge in [0.25, 0.3) is 6.16 Å². The van der Waals surface area contributed by atoms with Crippen molar-refractivity contribution >= 4 is 12.4 Å². The van der Waals surface area contributed by atoms with Crippen molar-refractivity contribution in [3.8, 4) is 5.75 Å². The van der Waals surface area contributed by atoms with Crippen LogP contribution in [0.1, 0.15) is 15.9 Å². The molecule has 0 radical (unpaired) electrons. The van der Waals surface area contributed by atoms with Crippen LogP contribution < -0.4 is 9.84 Å². The van der Waals surface area contributed by atoms with E-state index in [1.165, 1.54) is 13.2 Å². The molecule has 0 heterocycles. The number of aldehydes is 1. The van der Waals surface area contributed by atoms with Crippen molar-refractivity contribution in [1.82, 2.24) is 0 Å². The molecule has 0 fully saturated rings. The van der Waals surface area contributed by atoms with E-state index in [1.54, 1.807) is 12.1 Å². The van der Waals surface area contributed by atoms with E-state index in [9.17, 15) is 14.7 Å². The molecule has 0 aliphatic heterocycles. The smallest absolute Gasteiger partial charge is 0.252 e. The molecule has 15 heavy (non-hydrogen) atoms. The molecule has 1 rings (SSSR count). The van der Waals surface area contributed by atoms with Gasteiger partial charge in [-0.3, -0.25) is 4.79 Å². The lowest BCUT2D eigenvalue weighted by molar-refractivity contribution is -0.284. The molecule has 0 aliphatic rings. The Morgan fingerprint density at radius 1 is 1.53 bits per heavy atom. The molecule has 0 unspecified atom stereocenters. The summed E-state index contributed by atoms with van der Waals surface area (Å²) >= 11 is 0. The molecule has 5 heteroatoms. The molecular weight excluding hydrogens is 200 g/mol. The Morgan fingerprint density at radius 3 is 2.80 bits per heavy atom. The topological polar surface area (TPSA) is 75.7 Å². The summed E-state index contributed by atoms with van der Waals surface area (Å²) in [6.45, 7) is -0.146. The van der Waals surface area contributed by atoms with Gasteiger partial charge < -0.3 is 19.4 Å². The van der Waals surface area contributed by atoms with Gasteiger partial charge in [0, 0.05) is 0 Å². The minimum Gasteiger partial charge on any atom is -0.545 e. The molecule has 0 saturated carbocycles. The second kappa shape index (κ2) is 4.99. The highest BCUT2D eigenvalue weighted by atomic mass is 16.7. The van der Waals surface area contributed by atoms with Gasteiger partial charge in [0.2, 0.25) is 0 Å². The van der Waals surface area contributed by atoms with Crippen LogP contribution >= 0.6 is 0 Å². The first-order chi connectivity index (χ1) is 7.17. The lowest BCUT2D eigenvalue weighted by Crippen LogP contribution is -2.23. The van der Waals surface area contributed by atoms with E-state index in [0.29, 0.717) is 23.2 Å². The largest absolute Gasteiger partial charge is 0.545 e. The molecule has 0 bridgehead atoms. The highest BCUT2D eigenvalue weighted by Crippen LogP contribution is 2.18. The number of benzene rings is 1. The van der Waals surface area contributed by atoms with Crippen LogP contribution in [0.3, 0.4) is 0 Å². The lowest BCUT2D eigenvalue weighted by Gasteiger charge is -2.10. The first-order valence-electron chi connectivity index (χ1n) is 4.13. The second-order valence-corrected chi connectivity index (χ2v) is 2.73. The molecule has 5 nitrogen and oxygen atoms in total. The highest BCUT2D eigenvalue weighted by Gasteiger charge is 2.02. The molecule has 0 amide bonds. The zero-order valence-corrected chi connectivity index (χ0v) is 8.06. The number of hydrogen-bond acceptors (Lipinski definition) is 5.